The van der Waals surface area contributed by atoms with E-state index in [2.05, 4.69) is 10.6 Å². The number of imide groups is 1. The van der Waals surface area contributed by atoms with Crippen LogP contribution in [0.5, 0.6) is 0 Å². The lowest BCUT2D eigenvalue weighted by molar-refractivity contribution is -0.139. The summed E-state index contributed by atoms with van der Waals surface area (Å²) in [5.41, 5.74) is 1.63. The summed E-state index contributed by atoms with van der Waals surface area (Å²) in [5.74, 6) is 0.441. The number of likely N-dealkylation sites (tertiary alicyclic amines) is 1. The summed E-state index contributed by atoms with van der Waals surface area (Å²) in [6, 6.07) is 7.77. The Morgan fingerprint density at radius 3 is 2.41 bits per heavy atom. The maximum atomic E-state index is 12.5. The average Bonchev–Trinajstić information content (AvgIpc) is 3.22. The van der Waals surface area contributed by atoms with Crippen molar-refractivity contribution in [3.05, 3.63) is 29.8 Å². The Morgan fingerprint density at radius 2 is 1.74 bits per heavy atom. The minimum atomic E-state index is -0.110. The van der Waals surface area contributed by atoms with Gasteiger partial charge in [-0.3, -0.25) is 19.3 Å². The molecular weight excluding hydrogens is 366 g/mol. The Balaban J connectivity index is 0.00000210. The van der Waals surface area contributed by atoms with Crippen molar-refractivity contribution in [2.75, 3.05) is 5.32 Å². The minimum Gasteiger partial charge on any atom is -0.325 e. The molecule has 1 aromatic rings. The summed E-state index contributed by atoms with van der Waals surface area (Å²) in [5, 5.41) is 6.47. The van der Waals surface area contributed by atoms with Gasteiger partial charge in [-0.1, -0.05) is 25.0 Å². The van der Waals surface area contributed by atoms with E-state index in [0.29, 0.717) is 31.3 Å². The van der Waals surface area contributed by atoms with Crippen LogP contribution in [0.3, 0.4) is 0 Å². The van der Waals surface area contributed by atoms with Gasteiger partial charge in [-0.05, 0) is 42.9 Å². The summed E-state index contributed by atoms with van der Waals surface area (Å²) in [6.07, 6.45) is 6.48. The van der Waals surface area contributed by atoms with E-state index in [4.69, 9.17) is 0 Å². The number of fused-ring (bicyclic) bond motifs is 1. The first-order valence-electron chi connectivity index (χ1n) is 9.59. The molecular formula is C20H26ClN3O3. The first-order chi connectivity index (χ1) is 12.6. The SMILES string of the molecule is Cl.O=C(Nc1ccc(CN2C(=O)CCC2=O)cc1)C1CC2CCCCC2N1. The molecule has 3 amide bonds. The maximum Gasteiger partial charge on any atom is 0.241 e. The Bertz CT molecular complexity index is 692. The standard InChI is InChI=1S/C20H25N3O3.ClH/c24-18-9-10-19(25)23(18)12-13-5-7-15(8-6-13)21-20(26)17-11-14-3-1-2-4-16(14)22-17;/h5-8,14,16-17,22H,1-4,9-12H2,(H,21,26);1H. The van der Waals surface area contributed by atoms with Crippen LogP contribution in [0, 0.1) is 5.92 Å². The molecule has 3 atom stereocenters. The summed E-state index contributed by atoms with van der Waals surface area (Å²) in [4.78, 5) is 37.2. The van der Waals surface area contributed by atoms with E-state index in [1.54, 1.807) is 0 Å². The number of nitrogens with one attached hydrogen (secondary N) is 2. The lowest BCUT2D eigenvalue weighted by atomic mass is 9.85. The molecule has 3 fully saturated rings. The number of anilines is 1. The van der Waals surface area contributed by atoms with Crippen molar-refractivity contribution in [1.29, 1.82) is 0 Å². The fraction of sp³-hybridized carbons (Fsp3) is 0.550. The summed E-state index contributed by atoms with van der Waals surface area (Å²) >= 11 is 0. The number of nitrogens with zero attached hydrogens (tertiary/aromatic N) is 1. The lowest BCUT2D eigenvalue weighted by Gasteiger charge is -2.24. The van der Waals surface area contributed by atoms with Gasteiger partial charge >= 0.3 is 0 Å². The van der Waals surface area contributed by atoms with Crippen LogP contribution in [0.15, 0.2) is 24.3 Å². The van der Waals surface area contributed by atoms with Crippen LogP contribution in [0.4, 0.5) is 5.69 Å². The maximum absolute atomic E-state index is 12.5. The summed E-state index contributed by atoms with van der Waals surface area (Å²) in [6.45, 7) is 0.305. The van der Waals surface area contributed by atoms with Crippen LogP contribution in [0.1, 0.15) is 50.5 Å². The van der Waals surface area contributed by atoms with Gasteiger partial charge in [0.15, 0.2) is 0 Å². The van der Waals surface area contributed by atoms with Crippen LogP contribution in [-0.4, -0.2) is 34.7 Å². The molecule has 0 spiro atoms. The Kier molecular flexibility index (Phi) is 6.17. The van der Waals surface area contributed by atoms with Crippen LogP contribution in [0.25, 0.3) is 0 Å². The molecule has 146 valence electrons. The molecule has 3 unspecified atom stereocenters. The molecule has 0 radical (unpaired) electrons. The summed E-state index contributed by atoms with van der Waals surface area (Å²) < 4.78 is 0. The average molecular weight is 392 g/mol. The third kappa shape index (κ3) is 4.33. The molecule has 27 heavy (non-hydrogen) atoms. The molecule has 0 bridgehead atoms. The zero-order chi connectivity index (χ0) is 18.1. The first-order valence-corrected chi connectivity index (χ1v) is 9.59. The highest BCUT2D eigenvalue weighted by Gasteiger charge is 2.38. The molecule has 3 aliphatic rings. The number of benzene rings is 1. The monoisotopic (exact) mass is 391 g/mol. The van der Waals surface area contributed by atoms with E-state index >= 15 is 0 Å². The second-order valence-corrected chi connectivity index (χ2v) is 7.67. The van der Waals surface area contributed by atoms with Gasteiger partial charge < -0.3 is 10.6 Å². The minimum absolute atomic E-state index is 0. The molecule has 6 nitrogen and oxygen atoms in total. The third-order valence-electron chi connectivity index (χ3n) is 5.90. The van der Waals surface area contributed by atoms with Crippen molar-refractivity contribution in [2.24, 2.45) is 5.92 Å². The van der Waals surface area contributed by atoms with Gasteiger partial charge in [0.2, 0.25) is 17.7 Å². The zero-order valence-corrected chi connectivity index (χ0v) is 16.1. The second kappa shape index (κ2) is 8.40. The normalized spacial score (nSPS) is 27.3. The van der Waals surface area contributed by atoms with Gasteiger partial charge in [-0.2, -0.15) is 0 Å². The highest BCUT2D eigenvalue weighted by atomic mass is 35.5. The Labute approximate surface area is 165 Å². The van der Waals surface area contributed by atoms with Gasteiger partial charge in [0.1, 0.15) is 0 Å². The van der Waals surface area contributed by atoms with E-state index in [9.17, 15) is 14.4 Å². The van der Waals surface area contributed by atoms with Crippen LogP contribution < -0.4 is 10.6 Å². The number of rotatable bonds is 4. The largest absolute Gasteiger partial charge is 0.325 e. The number of carbonyl (C=O) groups excluding carboxylic acids is 3. The van der Waals surface area contributed by atoms with Gasteiger partial charge in [0.25, 0.3) is 0 Å². The summed E-state index contributed by atoms with van der Waals surface area (Å²) in [7, 11) is 0. The Morgan fingerprint density at radius 1 is 1.07 bits per heavy atom. The molecule has 0 aromatic heterocycles. The van der Waals surface area contributed by atoms with Crippen molar-refractivity contribution in [3.63, 3.8) is 0 Å². The number of hydrogen-bond acceptors (Lipinski definition) is 4. The number of halogens is 1. The fourth-order valence-electron chi connectivity index (χ4n) is 4.43. The van der Waals surface area contributed by atoms with Crippen molar-refractivity contribution in [3.8, 4) is 0 Å². The fourth-order valence-corrected chi connectivity index (χ4v) is 4.43. The molecule has 2 aliphatic heterocycles. The van der Waals surface area contributed by atoms with Gasteiger partial charge in [-0.25, -0.2) is 0 Å². The van der Waals surface area contributed by atoms with E-state index in [-0.39, 0.29) is 36.2 Å². The molecule has 7 heteroatoms. The van der Waals surface area contributed by atoms with Crippen molar-refractivity contribution in [1.82, 2.24) is 10.2 Å². The highest BCUT2D eigenvalue weighted by Crippen LogP contribution is 2.33. The third-order valence-corrected chi connectivity index (χ3v) is 5.90. The first kappa shape index (κ1) is 19.8. The van der Waals surface area contributed by atoms with Crippen molar-refractivity contribution < 1.29 is 14.4 Å². The molecule has 2 heterocycles. The van der Waals surface area contributed by atoms with Gasteiger partial charge in [-0.15, -0.1) is 12.4 Å². The van der Waals surface area contributed by atoms with Gasteiger partial charge in [0.05, 0.1) is 12.6 Å². The molecule has 4 rings (SSSR count). The molecule has 2 N–H and O–H groups in total. The molecule has 2 saturated heterocycles. The Hall–Kier alpha value is -1.92. The molecule has 1 aromatic carbocycles. The lowest BCUT2D eigenvalue weighted by Crippen LogP contribution is -2.39. The van der Waals surface area contributed by atoms with Crippen LogP contribution in [-0.2, 0) is 20.9 Å². The highest BCUT2D eigenvalue weighted by molar-refractivity contribution is 6.01. The van der Waals surface area contributed by atoms with E-state index in [1.165, 1.54) is 30.6 Å². The van der Waals surface area contributed by atoms with E-state index in [0.717, 1.165) is 17.7 Å². The van der Waals surface area contributed by atoms with E-state index in [1.807, 2.05) is 24.3 Å². The predicted octanol–water partition coefficient (Wildman–Crippen LogP) is 2.62. The topological polar surface area (TPSA) is 78.5 Å². The zero-order valence-electron chi connectivity index (χ0n) is 15.3. The van der Waals surface area contributed by atoms with Crippen LogP contribution >= 0.6 is 12.4 Å². The number of amides is 3. The second-order valence-electron chi connectivity index (χ2n) is 7.67. The quantitative estimate of drug-likeness (QED) is 0.773. The number of hydrogen-bond donors (Lipinski definition) is 2. The molecule has 1 aliphatic carbocycles. The van der Waals surface area contributed by atoms with Gasteiger partial charge in [0, 0.05) is 24.6 Å². The van der Waals surface area contributed by atoms with E-state index < -0.39 is 0 Å². The smallest absolute Gasteiger partial charge is 0.241 e. The predicted molar refractivity (Wildman–Crippen MR) is 104 cm³/mol. The number of carbonyl (C=O) groups is 3. The molecule has 1 saturated carbocycles. The van der Waals surface area contributed by atoms with Crippen molar-refractivity contribution in [2.45, 2.75) is 63.6 Å². The van der Waals surface area contributed by atoms with Crippen molar-refractivity contribution >= 4 is 35.8 Å². The van der Waals surface area contributed by atoms with Crippen LogP contribution in [0.2, 0.25) is 0 Å².